The molecule has 0 bridgehead atoms. The van der Waals surface area contributed by atoms with Gasteiger partial charge in [0.25, 0.3) is 0 Å². The Hall–Kier alpha value is -0.640. The van der Waals surface area contributed by atoms with Gasteiger partial charge in [-0.3, -0.25) is 0 Å². The minimum Gasteiger partial charge on any atom is -0.396 e. The maximum absolute atomic E-state index is 13.7. The predicted molar refractivity (Wildman–Crippen MR) is 68.5 cm³/mol. The summed E-state index contributed by atoms with van der Waals surface area (Å²) in [6.07, 6.45) is 0.393. The van der Waals surface area contributed by atoms with Crippen molar-refractivity contribution in [2.24, 2.45) is 17.1 Å². The highest BCUT2D eigenvalue weighted by Gasteiger charge is 2.32. The zero-order chi connectivity index (χ0) is 13.1. The van der Waals surface area contributed by atoms with Gasteiger partial charge in [-0.2, -0.15) is 0 Å². The molecule has 4 heteroatoms. The van der Waals surface area contributed by atoms with Crippen LogP contribution in [0.1, 0.15) is 19.4 Å². The van der Waals surface area contributed by atoms with Crippen molar-refractivity contribution in [1.82, 2.24) is 0 Å². The van der Waals surface area contributed by atoms with Gasteiger partial charge in [-0.05, 0) is 36.1 Å². The van der Waals surface area contributed by atoms with Crippen LogP contribution in [0.3, 0.4) is 0 Å². The molecule has 0 amide bonds. The Kier molecular flexibility index (Phi) is 4.92. The third-order valence-corrected chi connectivity index (χ3v) is 3.73. The lowest BCUT2D eigenvalue weighted by molar-refractivity contribution is 0.0834. The highest BCUT2D eigenvalue weighted by atomic mass is 35.5. The number of halogens is 2. The molecular formula is C13H19ClFNO. The Bertz CT molecular complexity index is 378. The van der Waals surface area contributed by atoms with Crippen molar-refractivity contribution in [3.05, 3.63) is 34.6 Å². The zero-order valence-electron chi connectivity index (χ0n) is 10.2. The minimum absolute atomic E-state index is 0.0624. The summed E-state index contributed by atoms with van der Waals surface area (Å²) in [5.41, 5.74) is 5.75. The van der Waals surface area contributed by atoms with E-state index in [4.69, 9.17) is 17.3 Å². The van der Waals surface area contributed by atoms with Gasteiger partial charge in [0.05, 0.1) is 6.61 Å². The van der Waals surface area contributed by atoms with Crippen molar-refractivity contribution < 1.29 is 9.50 Å². The quantitative estimate of drug-likeness (QED) is 0.854. The van der Waals surface area contributed by atoms with Crippen molar-refractivity contribution in [1.29, 1.82) is 0 Å². The summed E-state index contributed by atoms with van der Waals surface area (Å²) in [5.74, 6) is -0.141. The summed E-state index contributed by atoms with van der Waals surface area (Å²) < 4.78 is 13.7. The Morgan fingerprint density at radius 2 is 2.12 bits per heavy atom. The predicted octanol–water partition coefficient (Wildman–Crippen LogP) is 2.62. The van der Waals surface area contributed by atoms with Crippen LogP contribution in [0, 0.1) is 17.2 Å². The first-order chi connectivity index (χ1) is 7.95. The molecule has 1 rings (SSSR count). The molecule has 0 fully saturated rings. The SMILES string of the molecule is CC(C)C(CN)(CO)Cc1cc(Cl)ccc1F. The summed E-state index contributed by atoms with van der Waals surface area (Å²) >= 11 is 5.85. The fourth-order valence-corrected chi connectivity index (χ4v) is 2.07. The van der Waals surface area contributed by atoms with Gasteiger partial charge in [0.1, 0.15) is 5.82 Å². The average Bonchev–Trinajstić information content (AvgIpc) is 2.30. The lowest BCUT2D eigenvalue weighted by atomic mass is 9.73. The van der Waals surface area contributed by atoms with Crippen LogP contribution in [0.2, 0.25) is 5.02 Å². The number of aliphatic hydroxyl groups is 1. The molecule has 0 heterocycles. The highest BCUT2D eigenvalue weighted by molar-refractivity contribution is 6.30. The Morgan fingerprint density at radius 3 is 2.59 bits per heavy atom. The van der Waals surface area contributed by atoms with E-state index in [0.717, 1.165) is 0 Å². The molecule has 0 aromatic heterocycles. The Morgan fingerprint density at radius 1 is 1.47 bits per heavy atom. The standard InChI is InChI=1S/C13H19ClFNO/c1-9(2)13(7-16,8-17)6-10-5-11(14)3-4-12(10)15/h3-5,9,17H,6-8,16H2,1-2H3. The molecule has 1 atom stereocenters. The monoisotopic (exact) mass is 259 g/mol. The van der Waals surface area contributed by atoms with Gasteiger partial charge in [0.2, 0.25) is 0 Å². The summed E-state index contributed by atoms with van der Waals surface area (Å²) in [5, 5.41) is 10.0. The number of hydrogen-bond acceptors (Lipinski definition) is 2. The maximum atomic E-state index is 13.7. The van der Waals surface area contributed by atoms with Crippen LogP contribution < -0.4 is 5.73 Å². The molecule has 3 N–H and O–H groups in total. The molecular weight excluding hydrogens is 241 g/mol. The van der Waals surface area contributed by atoms with Gasteiger partial charge in [-0.1, -0.05) is 25.4 Å². The summed E-state index contributed by atoms with van der Waals surface area (Å²) in [6, 6.07) is 4.45. The second-order valence-corrected chi connectivity index (χ2v) is 5.23. The van der Waals surface area contributed by atoms with Crippen LogP contribution in [0.25, 0.3) is 0 Å². The van der Waals surface area contributed by atoms with E-state index in [0.29, 0.717) is 23.6 Å². The second kappa shape index (κ2) is 5.80. The van der Waals surface area contributed by atoms with Crippen molar-refractivity contribution in [2.45, 2.75) is 20.3 Å². The molecule has 2 nitrogen and oxygen atoms in total. The molecule has 0 aliphatic carbocycles. The van der Waals surface area contributed by atoms with Crippen molar-refractivity contribution in [3.8, 4) is 0 Å². The van der Waals surface area contributed by atoms with Gasteiger partial charge in [0.15, 0.2) is 0 Å². The number of benzene rings is 1. The Balaban J connectivity index is 3.05. The minimum atomic E-state index is -0.495. The molecule has 1 aromatic rings. The number of rotatable bonds is 5. The van der Waals surface area contributed by atoms with E-state index in [9.17, 15) is 9.50 Å². The van der Waals surface area contributed by atoms with Gasteiger partial charge in [-0.15, -0.1) is 0 Å². The molecule has 1 aromatic carbocycles. The van der Waals surface area contributed by atoms with E-state index in [2.05, 4.69) is 0 Å². The Labute approximate surface area is 107 Å². The van der Waals surface area contributed by atoms with E-state index in [1.165, 1.54) is 12.1 Å². The van der Waals surface area contributed by atoms with Gasteiger partial charge in [0, 0.05) is 17.0 Å². The molecule has 0 aliphatic rings. The normalized spacial score (nSPS) is 15.0. The second-order valence-electron chi connectivity index (χ2n) is 4.79. The fourth-order valence-electron chi connectivity index (χ4n) is 1.87. The summed E-state index contributed by atoms with van der Waals surface area (Å²) in [7, 11) is 0. The molecule has 0 aliphatic heterocycles. The molecule has 0 spiro atoms. The van der Waals surface area contributed by atoms with Gasteiger partial charge in [-0.25, -0.2) is 4.39 Å². The van der Waals surface area contributed by atoms with Gasteiger partial charge >= 0.3 is 0 Å². The van der Waals surface area contributed by atoms with Crippen LogP contribution in [-0.4, -0.2) is 18.3 Å². The van der Waals surface area contributed by atoms with Crippen LogP contribution in [0.5, 0.6) is 0 Å². The first-order valence-corrected chi connectivity index (χ1v) is 6.08. The summed E-state index contributed by atoms with van der Waals surface area (Å²) in [6.45, 7) is 4.21. The molecule has 17 heavy (non-hydrogen) atoms. The van der Waals surface area contributed by atoms with Crippen LogP contribution in [0.15, 0.2) is 18.2 Å². The van der Waals surface area contributed by atoms with Crippen molar-refractivity contribution in [3.63, 3.8) is 0 Å². The molecule has 0 saturated heterocycles. The van der Waals surface area contributed by atoms with E-state index >= 15 is 0 Å². The third kappa shape index (κ3) is 3.18. The molecule has 96 valence electrons. The van der Waals surface area contributed by atoms with Gasteiger partial charge < -0.3 is 10.8 Å². The van der Waals surface area contributed by atoms with Crippen molar-refractivity contribution in [2.75, 3.05) is 13.2 Å². The fraction of sp³-hybridized carbons (Fsp3) is 0.538. The number of aliphatic hydroxyl groups excluding tert-OH is 1. The van der Waals surface area contributed by atoms with Crippen LogP contribution in [-0.2, 0) is 6.42 Å². The number of hydrogen-bond donors (Lipinski definition) is 2. The molecule has 1 unspecified atom stereocenters. The highest BCUT2D eigenvalue weighted by Crippen LogP contribution is 2.32. The zero-order valence-corrected chi connectivity index (χ0v) is 11.0. The molecule has 0 radical (unpaired) electrons. The van der Waals surface area contributed by atoms with Crippen molar-refractivity contribution >= 4 is 11.6 Å². The first-order valence-electron chi connectivity index (χ1n) is 5.70. The first kappa shape index (κ1) is 14.4. The topological polar surface area (TPSA) is 46.2 Å². The maximum Gasteiger partial charge on any atom is 0.126 e. The third-order valence-electron chi connectivity index (χ3n) is 3.50. The van der Waals surface area contributed by atoms with E-state index < -0.39 is 5.41 Å². The largest absolute Gasteiger partial charge is 0.396 e. The lowest BCUT2D eigenvalue weighted by Crippen LogP contribution is -2.41. The van der Waals surface area contributed by atoms with E-state index in [-0.39, 0.29) is 18.3 Å². The average molecular weight is 260 g/mol. The number of nitrogens with two attached hydrogens (primary N) is 1. The van der Waals surface area contributed by atoms with E-state index in [1.807, 2.05) is 13.8 Å². The van der Waals surface area contributed by atoms with Crippen LogP contribution >= 0.6 is 11.6 Å². The lowest BCUT2D eigenvalue weighted by Gasteiger charge is -2.35. The summed E-state index contributed by atoms with van der Waals surface area (Å²) in [4.78, 5) is 0. The van der Waals surface area contributed by atoms with E-state index in [1.54, 1.807) is 6.07 Å². The molecule has 0 saturated carbocycles. The smallest absolute Gasteiger partial charge is 0.126 e. The van der Waals surface area contributed by atoms with Crippen LogP contribution in [0.4, 0.5) is 4.39 Å².